The molecule has 0 saturated heterocycles. The lowest BCUT2D eigenvalue weighted by Crippen LogP contribution is -2.31. The van der Waals surface area contributed by atoms with Gasteiger partial charge in [0.2, 0.25) is 5.91 Å². The molecule has 0 fully saturated rings. The molecule has 0 aromatic rings. The molecule has 0 rings (SSSR count). The molecule has 4 N–H and O–H groups in total. The fraction of sp³-hybridized carbons (Fsp3) is 0.667. The molecule has 0 heterocycles. The highest BCUT2D eigenvalue weighted by Gasteiger charge is 2.08. The third-order valence-electron chi connectivity index (χ3n) is 1.74. The molecule has 4 heteroatoms. The second-order valence-corrected chi connectivity index (χ2v) is 3.50. The molecule has 0 radical (unpaired) electrons. The van der Waals surface area contributed by atoms with Gasteiger partial charge in [-0.3, -0.25) is 4.79 Å². The number of amides is 1. The minimum atomic E-state index is -0.258. The average Bonchev–Trinajstić information content (AvgIpc) is 2.02. The number of alkyl halides is 1. The lowest BCUT2D eigenvalue weighted by Gasteiger charge is -2.10. The molecule has 0 spiro atoms. The van der Waals surface area contributed by atoms with Crippen LogP contribution in [0.25, 0.3) is 0 Å². The summed E-state index contributed by atoms with van der Waals surface area (Å²) < 4.78 is 0. The maximum absolute atomic E-state index is 11.3. The fourth-order valence-corrected chi connectivity index (χ4v) is 0.679. The zero-order chi connectivity index (χ0) is 9.72. The van der Waals surface area contributed by atoms with E-state index in [-0.39, 0.29) is 17.6 Å². The van der Waals surface area contributed by atoms with Crippen LogP contribution in [0.3, 0.4) is 0 Å². The predicted molar refractivity (Wildman–Crippen MR) is 57.1 cm³/mol. The van der Waals surface area contributed by atoms with Crippen LogP contribution in [0, 0.1) is 0 Å². The summed E-state index contributed by atoms with van der Waals surface area (Å²) >= 11 is 5.75. The minimum Gasteiger partial charge on any atom is -0.344 e. The molecular weight excluding hydrogens is 188 g/mol. The summed E-state index contributed by atoms with van der Waals surface area (Å²) in [4.78, 5) is 11.3. The van der Waals surface area contributed by atoms with Crippen LogP contribution in [0.2, 0.25) is 0 Å². The number of allylic oxidation sites excluding steroid dienone is 1. The molecule has 0 aromatic heterocycles. The number of rotatable bonds is 3. The van der Waals surface area contributed by atoms with Gasteiger partial charge in [-0.15, -0.1) is 0 Å². The van der Waals surface area contributed by atoms with Gasteiger partial charge in [-0.2, -0.15) is 0 Å². The number of carbonyl (C=O) groups is 1. The zero-order valence-corrected chi connectivity index (χ0v) is 9.53. The summed E-state index contributed by atoms with van der Waals surface area (Å²) in [5.41, 5.74) is 1.51. The average molecular weight is 207 g/mol. The van der Waals surface area contributed by atoms with E-state index in [0.29, 0.717) is 0 Å². The fourth-order valence-electron chi connectivity index (χ4n) is 0.580. The third kappa shape index (κ3) is 5.66. The SMILES string of the molecule is CCC(Cl)NC(=O)C(C)=C(C)C.N. The Morgan fingerprint density at radius 3 is 2.15 bits per heavy atom. The van der Waals surface area contributed by atoms with Crippen LogP contribution >= 0.6 is 11.6 Å². The van der Waals surface area contributed by atoms with Crippen molar-refractivity contribution in [3.63, 3.8) is 0 Å². The van der Waals surface area contributed by atoms with Crippen molar-refractivity contribution in [2.24, 2.45) is 0 Å². The summed E-state index contributed by atoms with van der Waals surface area (Å²) in [7, 11) is 0. The van der Waals surface area contributed by atoms with Crippen molar-refractivity contribution in [2.75, 3.05) is 0 Å². The smallest absolute Gasteiger partial charge is 0.248 e. The molecule has 0 aromatic carbocycles. The highest BCUT2D eigenvalue weighted by molar-refractivity contribution is 6.21. The van der Waals surface area contributed by atoms with Crippen molar-refractivity contribution in [1.29, 1.82) is 0 Å². The molecule has 78 valence electrons. The van der Waals surface area contributed by atoms with Crippen LogP contribution in [-0.2, 0) is 4.79 Å². The van der Waals surface area contributed by atoms with Crippen molar-refractivity contribution < 1.29 is 4.79 Å². The van der Waals surface area contributed by atoms with Gasteiger partial charge < -0.3 is 11.5 Å². The molecule has 1 atom stereocenters. The van der Waals surface area contributed by atoms with E-state index in [4.69, 9.17) is 11.6 Å². The van der Waals surface area contributed by atoms with Crippen LogP contribution in [0.1, 0.15) is 34.1 Å². The highest BCUT2D eigenvalue weighted by Crippen LogP contribution is 2.04. The summed E-state index contributed by atoms with van der Waals surface area (Å²) in [6.45, 7) is 7.54. The molecule has 0 bridgehead atoms. The Labute approximate surface area is 85.1 Å². The van der Waals surface area contributed by atoms with Crippen LogP contribution in [0.15, 0.2) is 11.1 Å². The topological polar surface area (TPSA) is 64.1 Å². The Morgan fingerprint density at radius 2 is 1.85 bits per heavy atom. The van der Waals surface area contributed by atoms with Crippen molar-refractivity contribution in [2.45, 2.75) is 39.6 Å². The van der Waals surface area contributed by atoms with E-state index in [1.54, 1.807) is 6.92 Å². The van der Waals surface area contributed by atoms with E-state index < -0.39 is 0 Å². The van der Waals surface area contributed by atoms with Gasteiger partial charge in [0.1, 0.15) is 5.50 Å². The Bertz CT molecular complexity index is 198. The quantitative estimate of drug-likeness (QED) is 0.424. The molecule has 13 heavy (non-hydrogen) atoms. The molecule has 0 saturated carbocycles. The van der Waals surface area contributed by atoms with Crippen LogP contribution in [0.5, 0.6) is 0 Å². The lowest BCUT2D eigenvalue weighted by molar-refractivity contribution is -0.117. The van der Waals surface area contributed by atoms with E-state index in [0.717, 1.165) is 17.6 Å². The molecule has 0 aliphatic rings. The Hall–Kier alpha value is -0.540. The van der Waals surface area contributed by atoms with Gasteiger partial charge in [-0.25, -0.2) is 0 Å². The normalized spacial score (nSPS) is 11.2. The van der Waals surface area contributed by atoms with E-state index in [9.17, 15) is 4.79 Å². The minimum absolute atomic E-state index is 0. The van der Waals surface area contributed by atoms with Crippen molar-refractivity contribution in [1.82, 2.24) is 11.5 Å². The van der Waals surface area contributed by atoms with Crippen molar-refractivity contribution in [3.05, 3.63) is 11.1 Å². The predicted octanol–water partition coefficient (Wildman–Crippen LogP) is 2.60. The number of halogens is 1. The Balaban J connectivity index is 0. The maximum atomic E-state index is 11.3. The first kappa shape index (κ1) is 15.0. The monoisotopic (exact) mass is 206 g/mol. The van der Waals surface area contributed by atoms with Crippen molar-refractivity contribution >= 4 is 17.5 Å². The molecule has 1 amide bonds. The molecule has 0 aliphatic heterocycles. The first-order valence-electron chi connectivity index (χ1n) is 4.08. The van der Waals surface area contributed by atoms with E-state index in [2.05, 4.69) is 5.32 Å². The summed E-state index contributed by atoms with van der Waals surface area (Å²) in [6, 6.07) is 0. The highest BCUT2D eigenvalue weighted by atomic mass is 35.5. The molecule has 0 aliphatic carbocycles. The van der Waals surface area contributed by atoms with Crippen molar-refractivity contribution in [3.8, 4) is 0 Å². The van der Waals surface area contributed by atoms with Crippen LogP contribution in [0.4, 0.5) is 0 Å². The lowest BCUT2D eigenvalue weighted by atomic mass is 10.1. The standard InChI is InChI=1S/C9H16ClNO.H3N/c1-5-8(10)11-9(12)7(4)6(2)3;/h8H,5H2,1-4H3,(H,11,12);1H3. The van der Waals surface area contributed by atoms with Crippen LogP contribution in [-0.4, -0.2) is 11.4 Å². The molecule has 3 nitrogen and oxygen atoms in total. The van der Waals surface area contributed by atoms with E-state index in [1.165, 1.54) is 0 Å². The van der Waals surface area contributed by atoms with Gasteiger partial charge >= 0.3 is 0 Å². The van der Waals surface area contributed by atoms with E-state index >= 15 is 0 Å². The van der Waals surface area contributed by atoms with Gasteiger partial charge in [0.05, 0.1) is 0 Å². The first-order chi connectivity index (χ1) is 5.49. The first-order valence-corrected chi connectivity index (χ1v) is 4.51. The number of hydrogen-bond donors (Lipinski definition) is 2. The Morgan fingerprint density at radius 1 is 1.38 bits per heavy atom. The molecular formula is C9H19ClN2O. The van der Waals surface area contributed by atoms with E-state index in [1.807, 2.05) is 20.8 Å². The maximum Gasteiger partial charge on any atom is 0.248 e. The summed E-state index contributed by atoms with van der Waals surface area (Å²) in [5, 5.41) is 2.68. The largest absolute Gasteiger partial charge is 0.344 e. The van der Waals surface area contributed by atoms with Gasteiger partial charge in [-0.1, -0.05) is 24.1 Å². The summed E-state index contributed by atoms with van der Waals surface area (Å²) in [6.07, 6.45) is 0.739. The third-order valence-corrected chi connectivity index (χ3v) is 2.15. The second-order valence-electron chi connectivity index (χ2n) is 2.97. The van der Waals surface area contributed by atoms with Gasteiger partial charge in [-0.05, 0) is 27.2 Å². The zero-order valence-electron chi connectivity index (χ0n) is 8.78. The summed E-state index contributed by atoms with van der Waals surface area (Å²) in [5.74, 6) is -0.0724. The second kappa shape index (κ2) is 6.92. The van der Waals surface area contributed by atoms with Crippen LogP contribution < -0.4 is 11.5 Å². The molecule has 1 unspecified atom stereocenters. The van der Waals surface area contributed by atoms with Gasteiger partial charge in [0.15, 0.2) is 0 Å². The number of hydrogen-bond acceptors (Lipinski definition) is 2. The number of nitrogens with one attached hydrogen (secondary N) is 1. The Kier molecular flexibility index (Phi) is 7.96. The van der Waals surface area contributed by atoms with Gasteiger partial charge in [0.25, 0.3) is 0 Å². The van der Waals surface area contributed by atoms with Gasteiger partial charge in [0, 0.05) is 5.57 Å². The number of carbonyl (C=O) groups excluding carboxylic acids is 1.